The molecule has 23 heavy (non-hydrogen) atoms. The van der Waals surface area contributed by atoms with Crippen molar-refractivity contribution in [2.45, 2.75) is 31.0 Å². The number of hydrogen-bond acceptors (Lipinski definition) is 6. The van der Waals surface area contributed by atoms with Gasteiger partial charge in [-0.3, -0.25) is 5.10 Å². The van der Waals surface area contributed by atoms with E-state index in [-0.39, 0.29) is 0 Å². The summed E-state index contributed by atoms with van der Waals surface area (Å²) >= 11 is 1.23. The number of aryl methyl sites for hydroxylation is 2. The summed E-state index contributed by atoms with van der Waals surface area (Å²) in [7, 11) is -3.52. The molecule has 0 saturated carbocycles. The predicted octanol–water partition coefficient (Wildman–Crippen LogP) is 1.78. The number of nitrogens with one attached hydrogen (secondary N) is 1. The fourth-order valence-electron chi connectivity index (χ4n) is 3.00. The number of rotatable bonds is 2. The number of pyridine rings is 1. The van der Waals surface area contributed by atoms with Crippen molar-refractivity contribution in [3.63, 3.8) is 0 Å². The number of fused-ring (bicyclic) bond motifs is 3. The van der Waals surface area contributed by atoms with Crippen LogP contribution in [0, 0.1) is 13.8 Å². The molecule has 0 amide bonds. The molecule has 0 saturated heterocycles. The Morgan fingerprint density at radius 1 is 1.30 bits per heavy atom. The zero-order valence-electron chi connectivity index (χ0n) is 12.7. The van der Waals surface area contributed by atoms with Crippen LogP contribution in [0.5, 0.6) is 0 Å². The van der Waals surface area contributed by atoms with Gasteiger partial charge in [0.25, 0.3) is 10.0 Å². The van der Waals surface area contributed by atoms with Gasteiger partial charge in [-0.1, -0.05) is 0 Å². The molecule has 1 aliphatic rings. The van der Waals surface area contributed by atoms with Crippen molar-refractivity contribution in [2.75, 3.05) is 6.54 Å². The van der Waals surface area contributed by atoms with E-state index in [2.05, 4.69) is 20.2 Å². The van der Waals surface area contributed by atoms with Crippen molar-refractivity contribution in [3.8, 4) is 0 Å². The van der Waals surface area contributed by atoms with Gasteiger partial charge < -0.3 is 0 Å². The summed E-state index contributed by atoms with van der Waals surface area (Å²) in [5.74, 6) is 0. The highest BCUT2D eigenvalue weighted by molar-refractivity contribution is 7.91. The molecule has 0 atom stereocenters. The number of H-pyrrole nitrogens is 1. The fourth-order valence-corrected chi connectivity index (χ4v) is 6.04. The first-order chi connectivity index (χ1) is 11.0. The van der Waals surface area contributed by atoms with E-state index in [1.54, 1.807) is 19.3 Å². The Hall–Kier alpha value is -1.84. The third kappa shape index (κ3) is 2.27. The fraction of sp³-hybridized carbons (Fsp3) is 0.357. The molecule has 120 valence electrons. The highest BCUT2D eigenvalue weighted by Crippen LogP contribution is 2.31. The first-order valence-electron chi connectivity index (χ1n) is 7.21. The van der Waals surface area contributed by atoms with E-state index in [0.29, 0.717) is 29.4 Å². The lowest BCUT2D eigenvalue weighted by Crippen LogP contribution is -2.36. The Kier molecular flexibility index (Phi) is 3.26. The number of hydrogen-bond donors (Lipinski definition) is 1. The molecule has 0 aromatic carbocycles. The van der Waals surface area contributed by atoms with Crippen LogP contribution in [0.1, 0.15) is 21.8 Å². The van der Waals surface area contributed by atoms with Crippen LogP contribution in [0.3, 0.4) is 0 Å². The lowest BCUT2D eigenvalue weighted by atomic mass is 10.0. The second-order valence-electron chi connectivity index (χ2n) is 5.59. The molecular weight excluding hydrogens is 334 g/mol. The zero-order valence-corrected chi connectivity index (χ0v) is 14.3. The zero-order chi connectivity index (χ0) is 16.2. The lowest BCUT2D eigenvalue weighted by molar-refractivity contribution is 0.392. The number of thiazole rings is 1. The van der Waals surface area contributed by atoms with Crippen LogP contribution in [-0.4, -0.2) is 39.4 Å². The molecule has 7 nitrogen and oxygen atoms in total. The molecule has 0 aliphatic carbocycles. The molecule has 1 N–H and O–H groups in total. The Bertz CT molecular complexity index is 1010. The normalized spacial score (nSPS) is 15.9. The van der Waals surface area contributed by atoms with Gasteiger partial charge in [-0.05, 0) is 31.4 Å². The van der Waals surface area contributed by atoms with E-state index >= 15 is 0 Å². The number of sulfonamides is 1. The van der Waals surface area contributed by atoms with E-state index in [4.69, 9.17) is 0 Å². The standard InChI is InChI=1S/C14H15N5O2S2/c1-8-14(22-9(2)17-8)23(20,21)19-4-3-11-10(7-19)5-15-13-12(11)6-16-18-13/h5-6H,3-4,7H2,1-2H3,(H,15,16,18). The summed E-state index contributed by atoms with van der Waals surface area (Å²) < 4.78 is 27.7. The molecule has 0 bridgehead atoms. The van der Waals surface area contributed by atoms with Crippen molar-refractivity contribution in [3.05, 3.63) is 34.2 Å². The molecule has 4 heterocycles. The topological polar surface area (TPSA) is 91.8 Å². The number of aromatic nitrogens is 4. The molecule has 0 spiro atoms. The van der Waals surface area contributed by atoms with Gasteiger partial charge in [-0.15, -0.1) is 11.3 Å². The van der Waals surface area contributed by atoms with Crippen LogP contribution < -0.4 is 0 Å². The Balaban J connectivity index is 1.74. The maximum Gasteiger partial charge on any atom is 0.254 e. The van der Waals surface area contributed by atoms with E-state index < -0.39 is 10.0 Å². The summed E-state index contributed by atoms with van der Waals surface area (Å²) in [6, 6.07) is 0. The quantitative estimate of drug-likeness (QED) is 0.761. The van der Waals surface area contributed by atoms with Crippen molar-refractivity contribution >= 4 is 32.4 Å². The molecule has 0 fully saturated rings. The third-order valence-electron chi connectivity index (χ3n) is 4.07. The highest BCUT2D eigenvalue weighted by Gasteiger charge is 2.32. The van der Waals surface area contributed by atoms with Crippen LogP contribution in [0.2, 0.25) is 0 Å². The molecule has 0 radical (unpaired) electrons. The summed E-state index contributed by atoms with van der Waals surface area (Å²) in [5.41, 5.74) is 3.38. The molecular formula is C14H15N5O2S2. The second kappa shape index (κ2) is 5.08. The summed E-state index contributed by atoms with van der Waals surface area (Å²) in [5, 5.41) is 8.60. The largest absolute Gasteiger partial charge is 0.261 e. The average molecular weight is 349 g/mol. The Morgan fingerprint density at radius 2 is 2.13 bits per heavy atom. The van der Waals surface area contributed by atoms with E-state index in [1.807, 2.05) is 6.92 Å². The molecule has 1 aliphatic heterocycles. The summed E-state index contributed by atoms with van der Waals surface area (Å²) in [6.45, 7) is 4.35. The van der Waals surface area contributed by atoms with Gasteiger partial charge in [-0.25, -0.2) is 18.4 Å². The molecule has 0 unspecified atom stereocenters. The molecule has 3 aromatic rings. The van der Waals surface area contributed by atoms with Crippen LogP contribution >= 0.6 is 11.3 Å². The SMILES string of the molecule is Cc1nc(C)c(S(=O)(=O)N2CCc3c(cnc4[nH]ncc34)C2)s1. The van der Waals surface area contributed by atoms with Crippen molar-refractivity contribution in [2.24, 2.45) is 0 Å². The predicted molar refractivity (Wildman–Crippen MR) is 86.8 cm³/mol. The maximum absolute atomic E-state index is 12.9. The highest BCUT2D eigenvalue weighted by atomic mass is 32.2. The van der Waals surface area contributed by atoms with E-state index in [9.17, 15) is 8.42 Å². The summed E-state index contributed by atoms with van der Waals surface area (Å²) in [6.07, 6.45) is 4.15. The van der Waals surface area contributed by atoms with Gasteiger partial charge in [0.2, 0.25) is 0 Å². The van der Waals surface area contributed by atoms with Gasteiger partial charge in [0.15, 0.2) is 9.86 Å². The molecule has 3 aromatic heterocycles. The van der Waals surface area contributed by atoms with Gasteiger partial charge in [0.05, 0.1) is 16.9 Å². The number of aromatic amines is 1. The second-order valence-corrected chi connectivity index (χ2v) is 8.93. The minimum atomic E-state index is -3.52. The maximum atomic E-state index is 12.9. The van der Waals surface area contributed by atoms with Gasteiger partial charge in [-0.2, -0.15) is 9.40 Å². The average Bonchev–Trinajstić information content (AvgIpc) is 3.12. The van der Waals surface area contributed by atoms with Crippen LogP contribution in [0.15, 0.2) is 16.6 Å². The van der Waals surface area contributed by atoms with Crippen LogP contribution in [-0.2, 0) is 23.0 Å². The Labute approximate surface area is 137 Å². The van der Waals surface area contributed by atoms with Crippen molar-refractivity contribution in [1.29, 1.82) is 0 Å². The lowest BCUT2D eigenvalue weighted by Gasteiger charge is -2.27. The first kappa shape index (κ1) is 14.7. The number of nitrogens with zero attached hydrogens (tertiary/aromatic N) is 4. The smallest absolute Gasteiger partial charge is 0.254 e. The first-order valence-corrected chi connectivity index (χ1v) is 9.46. The van der Waals surface area contributed by atoms with Crippen molar-refractivity contribution in [1.82, 2.24) is 24.5 Å². The third-order valence-corrected chi connectivity index (χ3v) is 7.58. The monoisotopic (exact) mass is 349 g/mol. The Morgan fingerprint density at radius 3 is 2.87 bits per heavy atom. The van der Waals surface area contributed by atoms with Gasteiger partial charge in [0.1, 0.15) is 0 Å². The summed E-state index contributed by atoms with van der Waals surface area (Å²) in [4.78, 5) is 8.55. The molecule has 4 rings (SSSR count). The van der Waals surface area contributed by atoms with Gasteiger partial charge >= 0.3 is 0 Å². The van der Waals surface area contributed by atoms with Gasteiger partial charge in [0, 0.05) is 24.7 Å². The van der Waals surface area contributed by atoms with Crippen molar-refractivity contribution < 1.29 is 8.42 Å². The van der Waals surface area contributed by atoms with E-state index in [1.165, 1.54) is 15.6 Å². The minimum absolute atomic E-state index is 0.335. The van der Waals surface area contributed by atoms with E-state index in [0.717, 1.165) is 27.2 Å². The molecule has 9 heteroatoms. The van der Waals surface area contributed by atoms with Crippen LogP contribution in [0.25, 0.3) is 11.0 Å². The van der Waals surface area contributed by atoms with Crippen LogP contribution in [0.4, 0.5) is 0 Å². The minimum Gasteiger partial charge on any atom is -0.261 e.